The molecule has 3 fully saturated rings. The van der Waals surface area contributed by atoms with E-state index in [1.54, 1.807) is 5.57 Å². The first-order valence-corrected chi connectivity index (χ1v) is 24.1. The summed E-state index contributed by atoms with van der Waals surface area (Å²) in [6.45, 7) is 36.1. The molecule has 0 aliphatic heterocycles. The van der Waals surface area contributed by atoms with Crippen LogP contribution in [0.1, 0.15) is 121 Å². The first kappa shape index (κ1) is 36.8. The Morgan fingerprint density at radius 1 is 0.886 bits per heavy atom. The molecular weight excluding hydrogens is 577 g/mol. The topological polar surface area (TPSA) is 47.9 Å². The van der Waals surface area contributed by atoms with Gasteiger partial charge in [0.15, 0.2) is 16.6 Å². The second kappa shape index (κ2) is 12.5. The standard InChI is InChI=1S/C38H72O4Si2/c1-25(2)33(39)24-40-26(3)30-18-19-31-29-17-16-27-22-28(41-43(12,13)35(4,5)6)23-34(42-44(14,15)36(7,8)9)38(27,11)32(29)20-21-37(30,31)10/h16,25-26,28-34,39H,17-24H2,1-15H3/t26-,28+,29-,30+,31-,32-,33?,34-,37+,38-/m0/s1. The van der Waals surface area contributed by atoms with Crippen LogP contribution in [0.15, 0.2) is 11.6 Å². The number of allylic oxidation sites excluding steroid dienone is 1. The molecule has 44 heavy (non-hydrogen) atoms. The number of aliphatic hydroxyl groups excluding tert-OH is 1. The van der Waals surface area contributed by atoms with E-state index in [1.165, 1.54) is 32.1 Å². The Kier molecular flexibility index (Phi) is 10.4. The van der Waals surface area contributed by atoms with Crippen LogP contribution < -0.4 is 0 Å². The largest absolute Gasteiger partial charge is 0.414 e. The number of rotatable bonds is 9. The lowest BCUT2D eigenvalue weighted by Crippen LogP contribution is -2.60. The SMILES string of the molecule is CC(C)C(O)CO[C@@H](C)[C@H]1CC[C@H]2[C@@H]3CC=C4C[C@@H](O[Si](C)(C)C(C)(C)C)C[C@H](O[Si](C)(C)C(C)(C)C)[C@]4(C)[C@H]3CC[C@]12C. The number of hydrogen-bond donors (Lipinski definition) is 1. The Morgan fingerprint density at radius 2 is 1.48 bits per heavy atom. The minimum atomic E-state index is -2.00. The summed E-state index contributed by atoms with van der Waals surface area (Å²) in [5, 5.41) is 10.8. The maximum atomic E-state index is 10.4. The van der Waals surface area contributed by atoms with E-state index in [0.29, 0.717) is 29.8 Å². The van der Waals surface area contributed by atoms with Crippen LogP contribution in [-0.2, 0) is 13.6 Å². The fourth-order valence-corrected chi connectivity index (χ4v) is 12.2. The van der Waals surface area contributed by atoms with Crippen LogP contribution >= 0.6 is 0 Å². The third-order valence-corrected chi connectivity index (χ3v) is 23.6. The van der Waals surface area contributed by atoms with Crippen molar-refractivity contribution in [3.8, 4) is 0 Å². The highest BCUT2D eigenvalue weighted by atomic mass is 28.4. The molecule has 0 aromatic carbocycles. The van der Waals surface area contributed by atoms with Gasteiger partial charge in [0.25, 0.3) is 0 Å². The number of ether oxygens (including phenoxy) is 1. The summed E-state index contributed by atoms with van der Waals surface area (Å²) in [5.74, 6) is 2.92. The van der Waals surface area contributed by atoms with Crippen LogP contribution in [0.5, 0.6) is 0 Å². The van der Waals surface area contributed by atoms with E-state index in [2.05, 4.69) is 108 Å². The van der Waals surface area contributed by atoms with E-state index in [0.717, 1.165) is 18.8 Å². The zero-order chi connectivity index (χ0) is 33.3. The monoisotopic (exact) mass is 648 g/mol. The van der Waals surface area contributed by atoms with Crippen molar-refractivity contribution in [1.82, 2.24) is 0 Å². The Bertz CT molecular complexity index is 1040. The van der Waals surface area contributed by atoms with Crippen LogP contribution in [-0.4, -0.2) is 52.8 Å². The van der Waals surface area contributed by atoms with Gasteiger partial charge in [-0.15, -0.1) is 0 Å². The van der Waals surface area contributed by atoms with E-state index >= 15 is 0 Å². The predicted molar refractivity (Wildman–Crippen MR) is 191 cm³/mol. The third kappa shape index (κ3) is 6.66. The summed E-state index contributed by atoms with van der Waals surface area (Å²) >= 11 is 0. The van der Waals surface area contributed by atoms with Crippen molar-refractivity contribution in [2.75, 3.05) is 6.61 Å². The second-order valence-electron chi connectivity index (χ2n) is 19.5. The minimum Gasteiger partial charge on any atom is -0.414 e. The maximum Gasteiger partial charge on any atom is 0.192 e. The van der Waals surface area contributed by atoms with Crippen LogP contribution in [0.4, 0.5) is 0 Å². The van der Waals surface area contributed by atoms with Crippen molar-refractivity contribution >= 4 is 16.6 Å². The molecule has 0 heterocycles. The van der Waals surface area contributed by atoms with Crippen LogP contribution in [0.3, 0.4) is 0 Å². The minimum absolute atomic E-state index is 0.0780. The smallest absolute Gasteiger partial charge is 0.192 e. The van der Waals surface area contributed by atoms with Crippen molar-refractivity contribution in [2.45, 2.75) is 182 Å². The van der Waals surface area contributed by atoms with Crippen molar-refractivity contribution < 1.29 is 18.7 Å². The Hall–Kier alpha value is 0.0138. The predicted octanol–water partition coefficient (Wildman–Crippen LogP) is 10.4. The lowest BCUT2D eigenvalue weighted by atomic mass is 9.46. The van der Waals surface area contributed by atoms with E-state index in [-0.39, 0.29) is 45.8 Å². The highest BCUT2D eigenvalue weighted by molar-refractivity contribution is 6.74. The molecule has 1 N–H and O–H groups in total. The highest BCUT2D eigenvalue weighted by Gasteiger charge is 2.62. The van der Waals surface area contributed by atoms with Gasteiger partial charge in [-0.1, -0.05) is 80.9 Å². The first-order chi connectivity index (χ1) is 20.0. The van der Waals surface area contributed by atoms with Crippen LogP contribution in [0, 0.1) is 40.4 Å². The van der Waals surface area contributed by atoms with Gasteiger partial charge in [-0.25, -0.2) is 0 Å². The van der Waals surface area contributed by atoms with Gasteiger partial charge in [0, 0.05) is 5.41 Å². The molecule has 10 atom stereocenters. The van der Waals surface area contributed by atoms with Gasteiger partial charge in [0.2, 0.25) is 0 Å². The average molecular weight is 649 g/mol. The van der Waals surface area contributed by atoms with E-state index < -0.39 is 16.6 Å². The molecule has 0 amide bonds. The molecule has 4 nitrogen and oxygen atoms in total. The van der Waals surface area contributed by atoms with Gasteiger partial charge in [-0.05, 0) is 123 Å². The van der Waals surface area contributed by atoms with Gasteiger partial charge in [0.05, 0.1) is 31.0 Å². The fraction of sp³-hybridized carbons (Fsp3) is 0.947. The van der Waals surface area contributed by atoms with Gasteiger partial charge in [-0.2, -0.15) is 0 Å². The summed E-state index contributed by atoms with van der Waals surface area (Å²) in [6.07, 6.45) is 11.4. The van der Waals surface area contributed by atoms with Crippen molar-refractivity contribution in [3.05, 3.63) is 11.6 Å². The normalized spacial score (nSPS) is 38.1. The van der Waals surface area contributed by atoms with Gasteiger partial charge >= 0.3 is 0 Å². The van der Waals surface area contributed by atoms with Gasteiger partial charge in [0.1, 0.15) is 0 Å². The van der Waals surface area contributed by atoms with Crippen LogP contribution in [0.25, 0.3) is 0 Å². The lowest BCUT2D eigenvalue weighted by Gasteiger charge is -2.62. The first-order valence-electron chi connectivity index (χ1n) is 18.3. The number of aliphatic hydroxyl groups is 1. The molecular formula is C38H72O4Si2. The Labute approximate surface area is 275 Å². The third-order valence-electron chi connectivity index (χ3n) is 14.6. The Balaban J connectivity index is 1.63. The molecule has 6 heteroatoms. The highest BCUT2D eigenvalue weighted by Crippen LogP contribution is 2.67. The van der Waals surface area contributed by atoms with Crippen molar-refractivity contribution in [1.29, 1.82) is 0 Å². The summed E-state index contributed by atoms with van der Waals surface area (Å²) in [7, 11) is -3.90. The average Bonchev–Trinajstić information content (AvgIpc) is 3.23. The van der Waals surface area contributed by atoms with E-state index in [9.17, 15) is 5.11 Å². The molecule has 0 aromatic heterocycles. The summed E-state index contributed by atoms with van der Waals surface area (Å²) in [5.41, 5.74) is 2.04. The molecule has 4 aliphatic carbocycles. The molecule has 256 valence electrons. The lowest BCUT2D eigenvalue weighted by molar-refractivity contribution is -0.116. The molecule has 1 unspecified atom stereocenters. The van der Waals surface area contributed by atoms with Gasteiger partial charge in [-0.3, -0.25) is 0 Å². The molecule has 0 radical (unpaired) electrons. The fourth-order valence-electron chi connectivity index (χ4n) is 9.41. The maximum absolute atomic E-state index is 10.4. The molecule has 3 saturated carbocycles. The van der Waals surface area contributed by atoms with Crippen molar-refractivity contribution in [3.63, 3.8) is 0 Å². The number of hydrogen-bond acceptors (Lipinski definition) is 4. The Morgan fingerprint density at radius 3 is 2.05 bits per heavy atom. The van der Waals surface area contributed by atoms with Crippen molar-refractivity contribution in [2.24, 2.45) is 40.4 Å². The van der Waals surface area contributed by atoms with E-state index in [4.69, 9.17) is 13.6 Å². The molecule has 0 spiro atoms. The van der Waals surface area contributed by atoms with E-state index in [1.807, 2.05) is 0 Å². The zero-order valence-electron chi connectivity index (χ0n) is 31.6. The molecule has 0 aromatic rings. The van der Waals surface area contributed by atoms with Crippen LogP contribution in [0.2, 0.25) is 36.3 Å². The molecule has 4 rings (SSSR count). The molecule has 0 saturated heterocycles. The zero-order valence-corrected chi connectivity index (χ0v) is 33.6. The summed E-state index contributed by atoms with van der Waals surface area (Å²) in [4.78, 5) is 0. The second-order valence-corrected chi connectivity index (χ2v) is 29.0. The van der Waals surface area contributed by atoms with Gasteiger partial charge < -0.3 is 18.7 Å². The molecule has 4 aliphatic rings. The number of fused-ring (bicyclic) bond motifs is 5. The quantitative estimate of drug-likeness (QED) is 0.200. The summed E-state index contributed by atoms with van der Waals surface area (Å²) in [6, 6.07) is 0. The molecule has 0 bridgehead atoms. The summed E-state index contributed by atoms with van der Waals surface area (Å²) < 4.78 is 21.1.